The van der Waals surface area contributed by atoms with Gasteiger partial charge in [-0.25, -0.2) is 0 Å². The third-order valence-corrected chi connectivity index (χ3v) is 3.74. The summed E-state index contributed by atoms with van der Waals surface area (Å²) in [5.74, 6) is 0.202. The zero-order valence-electron chi connectivity index (χ0n) is 10.7. The third-order valence-electron chi connectivity index (χ3n) is 3.74. The van der Waals surface area contributed by atoms with E-state index in [-0.39, 0.29) is 5.91 Å². The van der Waals surface area contributed by atoms with Gasteiger partial charge in [0.2, 0.25) is 5.91 Å². The molecule has 2 aliphatic rings. The predicted octanol–water partition coefficient (Wildman–Crippen LogP) is 1.54. The van der Waals surface area contributed by atoms with Crippen molar-refractivity contribution in [3.8, 4) is 0 Å². The van der Waals surface area contributed by atoms with Gasteiger partial charge in [0.15, 0.2) is 0 Å². The molecule has 3 nitrogen and oxygen atoms in total. The molecule has 0 radical (unpaired) electrons. The fourth-order valence-corrected chi connectivity index (χ4v) is 2.47. The minimum Gasteiger partial charge on any atom is -0.353 e. The first-order valence-electron chi connectivity index (χ1n) is 6.92. The van der Waals surface area contributed by atoms with Gasteiger partial charge in [-0.2, -0.15) is 0 Å². The van der Waals surface area contributed by atoms with Gasteiger partial charge in [-0.05, 0) is 48.9 Å². The average molecular weight is 244 g/mol. The highest BCUT2D eigenvalue weighted by molar-refractivity contribution is 5.76. The van der Waals surface area contributed by atoms with Crippen LogP contribution in [-0.4, -0.2) is 18.5 Å². The average Bonchev–Trinajstić information content (AvgIpc) is 3.20. The summed E-state index contributed by atoms with van der Waals surface area (Å²) in [7, 11) is 0. The van der Waals surface area contributed by atoms with Crippen LogP contribution >= 0.6 is 0 Å². The maximum atomic E-state index is 11.6. The molecule has 1 heterocycles. The molecule has 1 saturated carbocycles. The SMILES string of the molecule is O=C(CCc1ccc2c(c1)CNCC2)NC1CC1. The number of carbonyl (C=O) groups excluding carboxylic acids is 1. The van der Waals surface area contributed by atoms with Crippen molar-refractivity contribution in [1.29, 1.82) is 0 Å². The molecule has 1 aromatic carbocycles. The number of hydrogen-bond acceptors (Lipinski definition) is 2. The van der Waals surface area contributed by atoms with E-state index in [0.29, 0.717) is 12.5 Å². The van der Waals surface area contributed by atoms with Crippen LogP contribution in [-0.2, 0) is 24.2 Å². The number of amides is 1. The van der Waals surface area contributed by atoms with Crippen molar-refractivity contribution < 1.29 is 4.79 Å². The maximum absolute atomic E-state index is 11.6. The summed E-state index contributed by atoms with van der Waals surface area (Å²) in [6.07, 6.45) is 4.92. The van der Waals surface area contributed by atoms with E-state index in [0.717, 1.165) is 38.8 Å². The van der Waals surface area contributed by atoms with E-state index in [1.54, 1.807) is 0 Å². The summed E-state index contributed by atoms with van der Waals surface area (Å²) in [6.45, 7) is 2.05. The van der Waals surface area contributed by atoms with E-state index in [9.17, 15) is 4.79 Å². The largest absolute Gasteiger partial charge is 0.353 e. The lowest BCUT2D eigenvalue weighted by molar-refractivity contribution is -0.121. The van der Waals surface area contributed by atoms with Gasteiger partial charge in [-0.15, -0.1) is 0 Å². The molecule has 0 atom stereocenters. The molecule has 1 aliphatic carbocycles. The lowest BCUT2D eigenvalue weighted by Gasteiger charge is -2.17. The second-order valence-corrected chi connectivity index (χ2v) is 5.37. The zero-order chi connectivity index (χ0) is 12.4. The molecule has 0 bridgehead atoms. The second-order valence-electron chi connectivity index (χ2n) is 5.37. The quantitative estimate of drug-likeness (QED) is 0.843. The molecule has 0 aromatic heterocycles. The normalized spacial score (nSPS) is 18.2. The molecule has 3 heteroatoms. The molecule has 18 heavy (non-hydrogen) atoms. The Bertz CT molecular complexity index is 452. The minimum atomic E-state index is 0.202. The highest BCUT2D eigenvalue weighted by Gasteiger charge is 2.22. The van der Waals surface area contributed by atoms with E-state index < -0.39 is 0 Å². The zero-order valence-corrected chi connectivity index (χ0v) is 10.7. The van der Waals surface area contributed by atoms with Crippen LogP contribution in [0.1, 0.15) is 36.0 Å². The van der Waals surface area contributed by atoms with E-state index >= 15 is 0 Å². The van der Waals surface area contributed by atoms with E-state index in [1.807, 2.05) is 0 Å². The second kappa shape index (κ2) is 5.11. The lowest BCUT2D eigenvalue weighted by atomic mass is 9.97. The van der Waals surface area contributed by atoms with Crippen molar-refractivity contribution in [1.82, 2.24) is 10.6 Å². The Morgan fingerprint density at radius 3 is 3.06 bits per heavy atom. The summed E-state index contributed by atoms with van der Waals surface area (Å²) in [4.78, 5) is 11.6. The molecular formula is C15H20N2O. The summed E-state index contributed by atoms with van der Waals surface area (Å²) >= 11 is 0. The Morgan fingerprint density at radius 2 is 2.22 bits per heavy atom. The van der Waals surface area contributed by atoms with Gasteiger partial charge in [-0.3, -0.25) is 4.79 Å². The molecule has 0 spiro atoms. The Kier molecular flexibility index (Phi) is 3.33. The highest BCUT2D eigenvalue weighted by Crippen LogP contribution is 2.19. The Balaban J connectivity index is 1.56. The van der Waals surface area contributed by atoms with Gasteiger partial charge in [0.05, 0.1) is 0 Å². The van der Waals surface area contributed by atoms with Crippen LogP contribution in [0.4, 0.5) is 0 Å². The molecule has 96 valence electrons. The topological polar surface area (TPSA) is 41.1 Å². The van der Waals surface area contributed by atoms with E-state index in [4.69, 9.17) is 0 Å². The van der Waals surface area contributed by atoms with Crippen LogP contribution in [0.25, 0.3) is 0 Å². The molecule has 0 saturated heterocycles. The number of aryl methyl sites for hydroxylation is 1. The molecule has 0 unspecified atom stereocenters. The Hall–Kier alpha value is -1.35. The van der Waals surface area contributed by atoms with Gasteiger partial charge in [0.1, 0.15) is 0 Å². The number of fused-ring (bicyclic) bond motifs is 1. The standard InChI is InChI=1S/C15H20N2O/c18-15(17-14-4-5-14)6-2-11-1-3-12-7-8-16-10-13(12)9-11/h1,3,9,14,16H,2,4-8,10H2,(H,17,18). The van der Waals surface area contributed by atoms with E-state index in [2.05, 4.69) is 28.8 Å². The van der Waals surface area contributed by atoms with Gasteiger partial charge in [0, 0.05) is 19.0 Å². The number of benzene rings is 1. The van der Waals surface area contributed by atoms with Crippen molar-refractivity contribution in [2.24, 2.45) is 0 Å². The highest BCUT2D eigenvalue weighted by atomic mass is 16.1. The van der Waals surface area contributed by atoms with Gasteiger partial charge >= 0.3 is 0 Å². The van der Waals surface area contributed by atoms with Gasteiger partial charge < -0.3 is 10.6 Å². The monoisotopic (exact) mass is 244 g/mol. The van der Waals surface area contributed by atoms with Crippen molar-refractivity contribution >= 4 is 5.91 Å². The summed E-state index contributed by atoms with van der Waals surface area (Å²) in [5.41, 5.74) is 4.14. The number of hydrogen-bond donors (Lipinski definition) is 2. The molecule has 1 amide bonds. The van der Waals surface area contributed by atoms with Crippen LogP contribution in [0.3, 0.4) is 0 Å². The van der Waals surface area contributed by atoms with Crippen LogP contribution < -0.4 is 10.6 Å². The molecule has 1 aromatic rings. The number of rotatable bonds is 4. The van der Waals surface area contributed by atoms with Crippen molar-refractivity contribution in [2.45, 2.75) is 44.7 Å². The molecule has 1 aliphatic heterocycles. The van der Waals surface area contributed by atoms with Crippen LogP contribution in [0.15, 0.2) is 18.2 Å². The molecular weight excluding hydrogens is 224 g/mol. The molecule has 2 N–H and O–H groups in total. The van der Waals surface area contributed by atoms with Crippen molar-refractivity contribution in [3.05, 3.63) is 34.9 Å². The van der Waals surface area contributed by atoms with Gasteiger partial charge in [0.25, 0.3) is 0 Å². The fraction of sp³-hybridized carbons (Fsp3) is 0.533. The van der Waals surface area contributed by atoms with Crippen molar-refractivity contribution in [3.63, 3.8) is 0 Å². The Labute approximate surface area is 108 Å². The first kappa shape index (κ1) is 11.7. The Morgan fingerprint density at radius 1 is 1.33 bits per heavy atom. The molecule has 3 rings (SSSR count). The smallest absolute Gasteiger partial charge is 0.220 e. The summed E-state index contributed by atoms with van der Waals surface area (Å²) in [5, 5.41) is 6.42. The lowest BCUT2D eigenvalue weighted by Crippen LogP contribution is -2.25. The summed E-state index contributed by atoms with van der Waals surface area (Å²) < 4.78 is 0. The first-order chi connectivity index (χ1) is 8.81. The van der Waals surface area contributed by atoms with E-state index in [1.165, 1.54) is 16.7 Å². The van der Waals surface area contributed by atoms with Crippen LogP contribution in [0, 0.1) is 0 Å². The third kappa shape index (κ3) is 2.91. The molecule has 1 fully saturated rings. The number of carbonyl (C=O) groups is 1. The van der Waals surface area contributed by atoms with Crippen molar-refractivity contribution in [2.75, 3.05) is 6.54 Å². The van der Waals surface area contributed by atoms with Crippen LogP contribution in [0.2, 0.25) is 0 Å². The summed E-state index contributed by atoms with van der Waals surface area (Å²) in [6, 6.07) is 7.13. The van der Waals surface area contributed by atoms with Crippen LogP contribution in [0.5, 0.6) is 0 Å². The fourth-order valence-electron chi connectivity index (χ4n) is 2.47. The van der Waals surface area contributed by atoms with Gasteiger partial charge in [-0.1, -0.05) is 18.2 Å². The number of nitrogens with one attached hydrogen (secondary N) is 2. The predicted molar refractivity (Wildman–Crippen MR) is 71.3 cm³/mol. The first-order valence-corrected chi connectivity index (χ1v) is 6.92. The minimum absolute atomic E-state index is 0.202. The maximum Gasteiger partial charge on any atom is 0.220 e.